The molecule has 0 radical (unpaired) electrons. The molecule has 2 aromatic carbocycles. The molecule has 1 saturated carbocycles. The number of ether oxygens (including phenoxy) is 1. The van der Waals surface area contributed by atoms with Gasteiger partial charge in [-0.05, 0) is 104 Å². The molecule has 1 amide bonds. The molecule has 2 atom stereocenters. The van der Waals surface area contributed by atoms with Crippen molar-refractivity contribution in [1.82, 2.24) is 24.5 Å². The maximum atomic E-state index is 13.1. The van der Waals surface area contributed by atoms with Gasteiger partial charge in [0.1, 0.15) is 5.56 Å². The van der Waals surface area contributed by atoms with Gasteiger partial charge in [-0.2, -0.15) is 36.5 Å². The average Bonchev–Trinajstić information content (AvgIpc) is 3.91. The molecule has 1 aliphatic rings. The lowest BCUT2D eigenvalue weighted by Gasteiger charge is -2.14. The largest absolute Gasteiger partial charge is 0.478 e. The molecular weight excluding hydrogens is 768 g/mol. The second-order valence-electron chi connectivity index (χ2n) is 13.7. The predicted molar refractivity (Wildman–Crippen MR) is 202 cm³/mol. The highest BCUT2D eigenvalue weighted by Crippen LogP contribution is 2.32. The lowest BCUT2D eigenvalue weighted by molar-refractivity contribution is -0.144. The molecule has 0 aliphatic heterocycles. The van der Waals surface area contributed by atoms with Crippen LogP contribution in [0.1, 0.15) is 94.1 Å². The van der Waals surface area contributed by atoms with E-state index in [4.69, 9.17) is 4.74 Å². The zero-order chi connectivity index (χ0) is 40.9. The van der Waals surface area contributed by atoms with Crippen molar-refractivity contribution in [3.05, 3.63) is 142 Å². The Kier molecular flexibility index (Phi) is 13.3. The Morgan fingerprint density at radius 1 is 0.759 bits per heavy atom. The maximum absolute atomic E-state index is 13.1. The third-order valence-corrected chi connectivity index (χ3v) is 9.71. The number of carbonyl (C=O) groups excluding carboxylic acids is 2. The Balaban J connectivity index is 0.000000233. The van der Waals surface area contributed by atoms with E-state index < -0.39 is 29.4 Å². The fourth-order valence-electron chi connectivity index (χ4n) is 7.01. The zero-order valence-corrected chi connectivity index (χ0v) is 30.5. The Bertz CT molecular complexity index is 2370. The van der Waals surface area contributed by atoms with Crippen LogP contribution >= 0.6 is 0 Å². The van der Waals surface area contributed by atoms with Gasteiger partial charge in [0.25, 0.3) is 5.91 Å². The maximum Gasteiger partial charge on any atom is 0.416 e. The molecule has 2 unspecified atom stereocenters. The van der Waals surface area contributed by atoms with Crippen LogP contribution in [0.2, 0.25) is 0 Å². The summed E-state index contributed by atoms with van der Waals surface area (Å²) in [6.07, 6.45) is 0.728. The third kappa shape index (κ3) is 10.2. The zero-order valence-electron chi connectivity index (χ0n) is 30.5. The summed E-state index contributed by atoms with van der Waals surface area (Å²) in [6, 6.07) is 16.9. The molecule has 1 fully saturated rings. The molecule has 4 aromatic heterocycles. The van der Waals surface area contributed by atoms with Crippen LogP contribution in [0.4, 0.5) is 26.3 Å². The number of hydrogen-bond acceptors (Lipinski definition) is 6. The second kappa shape index (κ2) is 17.9. The Labute approximate surface area is 329 Å². The van der Waals surface area contributed by atoms with E-state index in [2.05, 4.69) is 15.5 Å². The summed E-state index contributed by atoms with van der Waals surface area (Å²) < 4.78 is 84.4. The topological polar surface area (TPSA) is 127 Å². The van der Waals surface area contributed by atoms with Crippen molar-refractivity contribution >= 4 is 28.9 Å². The number of carbonyl (C=O) groups is 3. The first-order chi connectivity index (χ1) is 27.1. The van der Waals surface area contributed by atoms with Gasteiger partial charge < -0.3 is 15.2 Å². The number of hydrogen-bond donors (Lipinski definition) is 2. The number of carboxylic acids is 1. The van der Waals surface area contributed by atoms with Crippen molar-refractivity contribution < 1.29 is 50.6 Å². The molecule has 58 heavy (non-hydrogen) atoms. The molecule has 306 valence electrons. The Hall–Kier alpha value is -6.19. The van der Waals surface area contributed by atoms with Gasteiger partial charge in [0.15, 0.2) is 0 Å². The molecule has 0 spiro atoms. The second-order valence-corrected chi connectivity index (χ2v) is 13.7. The number of nitrogens with zero attached hydrogens (tertiary/aromatic N) is 4. The van der Waals surface area contributed by atoms with Crippen LogP contribution in [0, 0.1) is 5.92 Å². The number of carboxylic acid groups (broad SMARTS) is 1. The lowest BCUT2D eigenvalue weighted by Crippen LogP contribution is -2.33. The van der Waals surface area contributed by atoms with Crippen LogP contribution in [0.25, 0.3) is 11.0 Å². The minimum absolute atomic E-state index is 0. The fourth-order valence-corrected chi connectivity index (χ4v) is 7.01. The molecule has 10 nitrogen and oxygen atoms in total. The van der Waals surface area contributed by atoms with Gasteiger partial charge in [-0.3, -0.25) is 9.59 Å². The molecular formula is C42H41F6N5O5. The summed E-state index contributed by atoms with van der Waals surface area (Å²) >= 11 is 0. The number of benzene rings is 2. The smallest absolute Gasteiger partial charge is 0.416 e. The SMILES string of the molecule is C.CCOC(=O)CC1CCC(NC(=O)c2cnn3cccc(Cc4ccc(C(F)(F)F)cc4)c23)C1.O=C(O)c1cnn2cccc(Cc3ccc(C(F)(F)F)cc3)c12. The molecule has 0 saturated heterocycles. The highest BCUT2D eigenvalue weighted by Gasteiger charge is 2.32. The number of halogens is 6. The van der Waals surface area contributed by atoms with E-state index in [1.54, 1.807) is 42.0 Å². The van der Waals surface area contributed by atoms with Crippen molar-refractivity contribution in [2.24, 2.45) is 5.92 Å². The summed E-state index contributed by atoms with van der Waals surface area (Å²) in [5, 5.41) is 20.5. The van der Waals surface area contributed by atoms with Crippen LogP contribution in [0.15, 0.2) is 97.6 Å². The number of rotatable bonds is 10. The van der Waals surface area contributed by atoms with E-state index >= 15 is 0 Å². The van der Waals surface area contributed by atoms with Gasteiger partial charge in [0, 0.05) is 24.9 Å². The lowest BCUT2D eigenvalue weighted by atomic mass is 10.0. The van der Waals surface area contributed by atoms with Crippen LogP contribution in [-0.4, -0.2) is 54.8 Å². The molecule has 16 heteroatoms. The molecule has 4 heterocycles. The molecule has 0 bridgehead atoms. The minimum atomic E-state index is -4.38. The van der Waals surface area contributed by atoms with Gasteiger partial charge in [0.2, 0.25) is 0 Å². The predicted octanol–water partition coefficient (Wildman–Crippen LogP) is 9.07. The van der Waals surface area contributed by atoms with E-state index in [1.807, 2.05) is 6.07 Å². The number of aromatic carboxylic acids is 1. The summed E-state index contributed by atoms with van der Waals surface area (Å²) in [5.74, 6) is -1.38. The van der Waals surface area contributed by atoms with E-state index in [0.29, 0.717) is 65.6 Å². The van der Waals surface area contributed by atoms with Crippen molar-refractivity contribution in [1.29, 1.82) is 0 Å². The first kappa shape index (κ1) is 42.9. The van der Waals surface area contributed by atoms with E-state index in [0.717, 1.165) is 42.7 Å². The Morgan fingerprint density at radius 2 is 1.24 bits per heavy atom. The first-order valence-corrected chi connectivity index (χ1v) is 18.0. The summed E-state index contributed by atoms with van der Waals surface area (Å²) in [5.41, 5.74) is 2.96. The fraction of sp³-hybridized carbons (Fsp3) is 0.310. The first-order valence-electron chi connectivity index (χ1n) is 18.0. The molecule has 6 aromatic rings. The minimum Gasteiger partial charge on any atom is -0.478 e. The quantitative estimate of drug-likeness (QED) is 0.104. The van der Waals surface area contributed by atoms with Crippen LogP contribution in [0.5, 0.6) is 0 Å². The van der Waals surface area contributed by atoms with Gasteiger partial charge in [-0.1, -0.05) is 43.8 Å². The number of esters is 1. The van der Waals surface area contributed by atoms with Gasteiger partial charge in [-0.25, -0.2) is 13.8 Å². The van der Waals surface area contributed by atoms with Crippen molar-refractivity contribution in [2.45, 2.75) is 71.3 Å². The number of alkyl halides is 6. The van der Waals surface area contributed by atoms with Gasteiger partial charge >= 0.3 is 24.3 Å². The highest BCUT2D eigenvalue weighted by atomic mass is 19.4. The third-order valence-electron chi connectivity index (χ3n) is 9.71. The van der Waals surface area contributed by atoms with Crippen molar-refractivity contribution in [3.63, 3.8) is 0 Å². The van der Waals surface area contributed by atoms with Crippen LogP contribution in [0.3, 0.4) is 0 Å². The Morgan fingerprint density at radius 3 is 1.71 bits per heavy atom. The summed E-state index contributed by atoms with van der Waals surface area (Å²) in [7, 11) is 0. The van der Waals surface area contributed by atoms with E-state index in [1.165, 1.54) is 41.2 Å². The molecule has 7 rings (SSSR count). The van der Waals surface area contributed by atoms with Gasteiger partial charge in [0.05, 0.1) is 46.7 Å². The number of pyridine rings is 2. The average molecular weight is 810 g/mol. The van der Waals surface area contributed by atoms with E-state index in [9.17, 15) is 45.8 Å². The number of aromatic nitrogens is 4. The van der Waals surface area contributed by atoms with Crippen LogP contribution < -0.4 is 5.32 Å². The normalized spacial score (nSPS) is 15.4. The van der Waals surface area contributed by atoms with E-state index in [-0.39, 0.29) is 36.8 Å². The number of amides is 1. The van der Waals surface area contributed by atoms with Crippen LogP contribution in [-0.2, 0) is 34.7 Å². The van der Waals surface area contributed by atoms with Gasteiger partial charge in [-0.15, -0.1) is 0 Å². The molecule has 1 aliphatic carbocycles. The standard InChI is InChI=1S/C25H26F3N3O3.C16H11F3N2O2.CH4/c1-2-34-22(32)14-17-7-10-20(13-17)30-24(33)21-15-29-31-11-3-4-18(23(21)31)12-16-5-8-19(9-6-16)25(26,27)28;17-16(18,19)12-5-3-10(4-6-12)8-11-2-1-7-21-14(11)13(9-20-21)15(22)23;/h3-6,8-9,11,15,17,20H,2,7,10,12-14H2,1H3,(H,30,33);1-7,9H,8H2,(H,22,23);1H4. The van der Waals surface area contributed by atoms with Crippen molar-refractivity contribution in [3.8, 4) is 0 Å². The summed E-state index contributed by atoms with van der Waals surface area (Å²) in [4.78, 5) is 36.1. The number of fused-ring (bicyclic) bond motifs is 2. The number of nitrogens with one attached hydrogen (secondary N) is 1. The monoisotopic (exact) mass is 809 g/mol. The molecule has 2 N–H and O–H groups in total. The summed E-state index contributed by atoms with van der Waals surface area (Å²) in [6.45, 7) is 2.13. The van der Waals surface area contributed by atoms with Crippen molar-refractivity contribution in [2.75, 3.05) is 6.61 Å². The highest BCUT2D eigenvalue weighted by molar-refractivity contribution is 6.01.